The standard InChI is InChI=1S/C20H23N3/c1-14-8-9-17-15(12-14)16-13-23(11-5-10-22(2)3)19-7-4-6-18(21-17)20(16)19/h4,6-9,12H,5,10-11,13H2,1-3H3. The van der Waals surface area contributed by atoms with Crippen molar-refractivity contribution in [1.82, 2.24) is 9.88 Å². The lowest BCUT2D eigenvalue weighted by atomic mass is 10.0. The first kappa shape index (κ1) is 14.5. The van der Waals surface area contributed by atoms with Crippen molar-refractivity contribution in [1.29, 1.82) is 0 Å². The van der Waals surface area contributed by atoms with Crippen LogP contribution in [-0.4, -0.2) is 37.1 Å². The average molecular weight is 305 g/mol. The van der Waals surface area contributed by atoms with Gasteiger partial charge in [-0.05, 0) is 63.8 Å². The Kier molecular flexibility index (Phi) is 3.46. The molecule has 1 aliphatic heterocycles. The van der Waals surface area contributed by atoms with Crippen LogP contribution in [0.3, 0.4) is 0 Å². The van der Waals surface area contributed by atoms with E-state index in [4.69, 9.17) is 4.98 Å². The minimum absolute atomic E-state index is 1.01. The zero-order valence-corrected chi connectivity index (χ0v) is 14.1. The molecule has 118 valence electrons. The molecule has 3 nitrogen and oxygen atoms in total. The Morgan fingerprint density at radius 1 is 1.13 bits per heavy atom. The van der Waals surface area contributed by atoms with E-state index >= 15 is 0 Å². The van der Waals surface area contributed by atoms with Crippen LogP contribution in [0.1, 0.15) is 17.5 Å². The van der Waals surface area contributed by atoms with Crippen LogP contribution in [0.5, 0.6) is 0 Å². The number of anilines is 1. The van der Waals surface area contributed by atoms with E-state index in [0.717, 1.165) is 30.7 Å². The Balaban J connectivity index is 1.81. The molecule has 0 saturated heterocycles. The summed E-state index contributed by atoms with van der Waals surface area (Å²) in [6.07, 6.45) is 1.18. The molecular weight excluding hydrogens is 282 g/mol. The Morgan fingerprint density at radius 3 is 2.83 bits per heavy atom. The van der Waals surface area contributed by atoms with E-state index in [9.17, 15) is 0 Å². The molecule has 0 amide bonds. The highest BCUT2D eigenvalue weighted by molar-refractivity contribution is 6.06. The minimum Gasteiger partial charge on any atom is -0.367 e. The van der Waals surface area contributed by atoms with Gasteiger partial charge in [0.15, 0.2) is 0 Å². The van der Waals surface area contributed by atoms with Gasteiger partial charge in [0, 0.05) is 29.5 Å². The van der Waals surface area contributed by atoms with Crippen LogP contribution in [0.2, 0.25) is 0 Å². The zero-order chi connectivity index (χ0) is 16.0. The molecule has 3 heteroatoms. The molecule has 2 aromatic carbocycles. The Morgan fingerprint density at radius 2 is 2.00 bits per heavy atom. The monoisotopic (exact) mass is 305 g/mol. The highest BCUT2D eigenvalue weighted by atomic mass is 15.2. The van der Waals surface area contributed by atoms with Gasteiger partial charge < -0.3 is 9.80 Å². The molecule has 0 saturated carbocycles. The van der Waals surface area contributed by atoms with Crippen LogP contribution < -0.4 is 4.90 Å². The molecule has 0 bridgehead atoms. The number of hydrogen-bond donors (Lipinski definition) is 0. The van der Waals surface area contributed by atoms with Crippen LogP contribution in [0.4, 0.5) is 5.69 Å². The molecule has 0 unspecified atom stereocenters. The lowest BCUT2D eigenvalue weighted by Gasteiger charge is -2.20. The first-order chi connectivity index (χ1) is 11.1. The lowest BCUT2D eigenvalue weighted by molar-refractivity contribution is 0.400. The molecule has 2 heterocycles. The number of aryl methyl sites for hydroxylation is 1. The van der Waals surface area contributed by atoms with E-state index in [1.165, 1.54) is 34.0 Å². The Labute approximate surface area is 137 Å². The van der Waals surface area contributed by atoms with Gasteiger partial charge in [0.1, 0.15) is 0 Å². The summed E-state index contributed by atoms with van der Waals surface area (Å²) in [5, 5.41) is 2.68. The van der Waals surface area contributed by atoms with E-state index in [1.807, 2.05) is 0 Å². The molecule has 0 N–H and O–H groups in total. The van der Waals surface area contributed by atoms with Crippen LogP contribution in [0.15, 0.2) is 36.4 Å². The molecular formula is C20H23N3. The number of nitrogens with zero attached hydrogens (tertiary/aromatic N) is 3. The number of hydrogen-bond acceptors (Lipinski definition) is 3. The van der Waals surface area contributed by atoms with Gasteiger partial charge in [0.2, 0.25) is 0 Å². The van der Waals surface area contributed by atoms with Gasteiger partial charge in [-0.1, -0.05) is 17.7 Å². The maximum atomic E-state index is 4.89. The van der Waals surface area contributed by atoms with Gasteiger partial charge in [-0.3, -0.25) is 0 Å². The molecule has 23 heavy (non-hydrogen) atoms. The fourth-order valence-electron chi connectivity index (χ4n) is 3.67. The molecule has 0 aliphatic carbocycles. The number of aromatic nitrogens is 1. The molecule has 1 aromatic heterocycles. The van der Waals surface area contributed by atoms with E-state index < -0.39 is 0 Å². The van der Waals surface area contributed by atoms with Crippen LogP contribution in [0, 0.1) is 6.92 Å². The van der Waals surface area contributed by atoms with E-state index in [-0.39, 0.29) is 0 Å². The second kappa shape index (κ2) is 5.50. The molecule has 0 atom stereocenters. The highest BCUT2D eigenvalue weighted by Gasteiger charge is 2.23. The van der Waals surface area contributed by atoms with Crippen molar-refractivity contribution in [2.45, 2.75) is 19.9 Å². The summed E-state index contributed by atoms with van der Waals surface area (Å²) < 4.78 is 0. The normalized spacial score (nSPS) is 13.7. The largest absolute Gasteiger partial charge is 0.367 e. The van der Waals surface area contributed by atoms with Crippen molar-refractivity contribution in [3.05, 3.63) is 47.5 Å². The van der Waals surface area contributed by atoms with Crippen molar-refractivity contribution in [3.8, 4) is 0 Å². The van der Waals surface area contributed by atoms with Gasteiger partial charge in [-0.15, -0.1) is 0 Å². The third-order valence-electron chi connectivity index (χ3n) is 4.76. The Hall–Kier alpha value is -2.13. The fourth-order valence-corrected chi connectivity index (χ4v) is 3.67. The summed E-state index contributed by atoms with van der Waals surface area (Å²) in [6.45, 7) is 5.39. The maximum absolute atomic E-state index is 4.89. The van der Waals surface area contributed by atoms with Crippen molar-refractivity contribution in [2.24, 2.45) is 0 Å². The summed E-state index contributed by atoms with van der Waals surface area (Å²) in [5.74, 6) is 0. The third kappa shape index (κ3) is 2.45. The second-order valence-corrected chi connectivity index (χ2v) is 6.86. The second-order valence-electron chi connectivity index (χ2n) is 6.86. The van der Waals surface area contributed by atoms with E-state index in [2.05, 4.69) is 67.2 Å². The smallest absolute Gasteiger partial charge is 0.0734 e. The number of rotatable bonds is 4. The summed E-state index contributed by atoms with van der Waals surface area (Å²) >= 11 is 0. The molecule has 0 fully saturated rings. The van der Waals surface area contributed by atoms with E-state index in [0.29, 0.717) is 0 Å². The summed E-state index contributed by atoms with van der Waals surface area (Å²) in [7, 11) is 4.28. The first-order valence-corrected chi connectivity index (χ1v) is 8.35. The number of fused-ring (bicyclic) bond motifs is 2. The fraction of sp³-hybridized carbons (Fsp3) is 0.350. The predicted octanol–water partition coefficient (Wildman–Crippen LogP) is 3.97. The number of pyridine rings is 1. The minimum atomic E-state index is 1.01. The quantitative estimate of drug-likeness (QED) is 0.680. The first-order valence-electron chi connectivity index (χ1n) is 8.35. The molecule has 0 radical (unpaired) electrons. The van der Waals surface area contributed by atoms with Gasteiger partial charge in [-0.2, -0.15) is 0 Å². The van der Waals surface area contributed by atoms with E-state index in [1.54, 1.807) is 0 Å². The summed E-state index contributed by atoms with van der Waals surface area (Å²) in [4.78, 5) is 9.66. The maximum Gasteiger partial charge on any atom is 0.0734 e. The van der Waals surface area contributed by atoms with Crippen molar-refractivity contribution in [2.75, 3.05) is 32.1 Å². The van der Waals surface area contributed by atoms with Crippen molar-refractivity contribution >= 4 is 27.5 Å². The van der Waals surface area contributed by atoms with Crippen LogP contribution >= 0.6 is 0 Å². The third-order valence-corrected chi connectivity index (χ3v) is 4.76. The molecule has 0 spiro atoms. The van der Waals surface area contributed by atoms with Gasteiger partial charge in [0.05, 0.1) is 11.0 Å². The number of benzene rings is 2. The summed E-state index contributed by atoms with van der Waals surface area (Å²) in [6, 6.07) is 13.1. The van der Waals surface area contributed by atoms with Crippen molar-refractivity contribution in [3.63, 3.8) is 0 Å². The lowest BCUT2D eigenvalue weighted by Crippen LogP contribution is -2.24. The van der Waals surface area contributed by atoms with Gasteiger partial charge in [0.25, 0.3) is 0 Å². The van der Waals surface area contributed by atoms with Crippen LogP contribution in [-0.2, 0) is 6.54 Å². The molecule has 1 aliphatic rings. The molecule has 3 aromatic rings. The Bertz CT molecular complexity index is 883. The summed E-state index contributed by atoms with van der Waals surface area (Å²) in [5.41, 5.74) is 6.36. The van der Waals surface area contributed by atoms with Gasteiger partial charge >= 0.3 is 0 Å². The highest BCUT2D eigenvalue weighted by Crippen LogP contribution is 2.40. The SMILES string of the molecule is Cc1ccc2nc3cccc4c3c(c2c1)CN4CCCN(C)C. The molecule has 4 rings (SSSR count). The van der Waals surface area contributed by atoms with Crippen molar-refractivity contribution < 1.29 is 0 Å². The predicted molar refractivity (Wildman–Crippen MR) is 98.2 cm³/mol. The topological polar surface area (TPSA) is 19.4 Å². The van der Waals surface area contributed by atoms with Crippen LogP contribution in [0.25, 0.3) is 21.8 Å². The zero-order valence-electron chi connectivity index (χ0n) is 14.1. The average Bonchev–Trinajstić information content (AvgIpc) is 2.89. The van der Waals surface area contributed by atoms with Gasteiger partial charge in [-0.25, -0.2) is 4.98 Å².